The molecule has 29 heavy (non-hydrogen) atoms. The number of phenolic OH excluding ortho intramolecular Hbond substituents is 2. The number of rotatable bonds is 5. The van der Waals surface area contributed by atoms with Crippen molar-refractivity contribution in [1.29, 1.82) is 0 Å². The van der Waals surface area contributed by atoms with Crippen molar-refractivity contribution in [3.63, 3.8) is 0 Å². The fraction of sp³-hybridized carbons (Fsp3) is 0.294. The maximum atomic E-state index is 14.9. The third-order valence-corrected chi connectivity index (χ3v) is 4.09. The number of nitrogen functional groups attached to an aromatic ring is 2. The highest BCUT2D eigenvalue weighted by Gasteiger charge is 2.74. The number of ether oxygens (including phenoxy) is 1. The number of hydrogen-bond donors (Lipinski definition) is 4. The molecule has 0 aromatic heterocycles. The first-order valence-electron chi connectivity index (χ1n) is 7.73. The van der Waals surface area contributed by atoms with Crippen LogP contribution < -0.4 is 11.5 Å². The molecule has 2 rings (SSSR count). The van der Waals surface area contributed by atoms with Crippen LogP contribution in [0.1, 0.15) is 18.1 Å². The Morgan fingerprint density at radius 2 is 1.14 bits per heavy atom. The lowest BCUT2D eigenvalue weighted by Crippen LogP contribution is -2.59. The molecule has 0 aliphatic rings. The lowest BCUT2D eigenvalue weighted by molar-refractivity contribution is -0.414. The van der Waals surface area contributed by atoms with Crippen molar-refractivity contribution in [1.82, 2.24) is 0 Å². The third kappa shape index (κ3) is 3.84. The van der Waals surface area contributed by atoms with Crippen LogP contribution in [-0.4, -0.2) is 28.6 Å². The van der Waals surface area contributed by atoms with Gasteiger partial charge in [0, 0.05) is 6.92 Å². The van der Waals surface area contributed by atoms with Crippen molar-refractivity contribution in [3.05, 3.63) is 47.5 Å². The lowest BCUT2D eigenvalue weighted by atomic mass is 9.72. The van der Waals surface area contributed by atoms with E-state index in [2.05, 4.69) is 4.74 Å². The first kappa shape index (κ1) is 22.4. The van der Waals surface area contributed by atoms with E-state index in [-0.39, 0.29) is 6.92 Å². The van der Waals surface area contributed by atoms with E-state index in [1.165, 1.54) is 0 Å². The summed E-state index contributed by atoms with van der Waals surface area (Å²) in [5.41, 5.74) is 2.12. The van der Waals surface area contributed by atoms with Crippen LogP contribution in [-0.2, 0) is 10.2 Å². The molecule has 0 heterocycles. The Hall–Kier alpha value is -2.89. The summed E-state index contributed by atoms with van der Waals surface area (Å²) in [7, 11) is 0. The number of halogens is 7. The van der Waals surface area contributed by atoms with Gasteiger partial charge >= 0.3 is 18.4 Å². The molecule has 12 heteroatoms. The Morgan fingerprint density at radius 1 is 0.759 bits per heavy atom. The van der Waals surface area contributed by atoms with E-state index in [9.17, 15) is 40.9 Å². The summed E-state index contributed by atoms with van der Waals surface area (Å²) in [6, 6.07) is 2.78. The van der Waals surface area contributed by atoms with Gasteiger partial charge in [-0.25, -0.2) is 0 Å². The fourth-order valence-corrected chi connectivity index (χ4v) is 2.87. The van der Waals surface area contributed by atoms with Gasteiger partial charge in [-0.1, -0.05) is 12.1 Å². The second kappa shape index (κ2) is 6.87. The smallest absolute Gasteiger partial charge is 0.410 e. The van der Waals surface area contributed by atoms with Crippen LogP contribution in [0.4, 0.5) is 42.1 Å². The number of phenols is 2. The highest BCUT2D eigenvalue weighted by Crippen LogP contribution is 2.58. The van der Waals surface area contributed by atoms with Crippen molar-refractivity contribution in [3.8, 4) is 11.5 Å². The molecular formula is C17H15F7N2O3. The summed E-state index contributed by atoms with van der Waals surface area (Å²) >= 11 is 0. The van der Waals surface area contributed by atoms with Crippen molar-refractivity contribution in [2.24, 2.45) is 0 Å². The molecule has 0 saturated carbocycles. The monoisotopic (exact) mass is 428 g/mol. The van der Waals surface area contributed by atoms with Crippen LogP contribution in [0.15, 0.2) is 36.4 Å². The van der Waals surface area contributed by atoms with Gasteiger partial charge in [0.05, 0.1) is 11.4 Å². The van der Waals surface area contributed by atoms with E-state index < -0.39 is 57.8 Å². The first-order valence-corrected chi connectivity index (χ1v) is 7.73. The molecule has 0 fully saturated rings. The maximum Gasteiger partial charge on any atom is 0.410 e. The number of anilines is 2. The van der Waals surface area contributed by atoms with Crippen LogP contribution in [0.25, 0.3) is 0 Å². The predicted molar refractivity (Wildman–Crippen MR) is 88.5 cm³/mol. The Morgan fingerprint density at radius 3 is 1.41 bits per heavy atom. The summed E-state index contributed by atoms with van der Waals surface area (Å²) in [6.07, 6.45) is -16.2. The second-order valence-corrected chi connectivity index (χ2v) is 6.22. The summed E-state index contributed by atoms with van der Waals surface area (Å²) in [4.78, 5) is 0. The average molecular weight is 428 g/mol. The van der Waals surface area contributed by atoms with Crippen molar-refractivity contribution in [2.75, 3.05) is 11.5 Å². The van der Waals surface area contributed by atoms with Gasteiger partial charge in [-0.05, 0) is 35.4 Å². The predicted octanol–water partition coefficient (Wildman–Crippen LogP) is 4.33. The molecule has 5 nitrogen and oxygen atoms in total. The van der Waals surface area contributed by atoms with Gasteiger partial charge in [0.15, 0.2) is 0 Å². The van der Waals surface area contributed by atoms with E-state index in [1.54, 1.807) is 0 Å². The standard InChI is InChI=1S/C17H15F7N2O3/c1-14(18,19)29-17(23,24)15(16(20,21)22,8-2-4-12(27)10(25)6-8)9-3-5-13(28)11(26)7-9/h2-7,27-28H,25-26H2,1H3. The maximum absolute atomic E-state index is 14.9. The van der Waals surface area contributed by atoms with E-state index in [1.807, 2.05) is 0 Å². The van der Waals surface area contributed by atoms with Gasteiger partial charge in [-0.15, -0.1) is 0 Å². The van der Waals surface area contributed by atoms with Gasteiger partial charge in [0.25, 0.3) is 0 Å². The zero-order valence-corrected chi connectivity index (χ0v) is 14.6. The molecule has 0 amide bonds. The Kier molecular flexibility index (Phi) is 5.30. The number of hydrogen-bond acceptors (Lipinski definition) is 5. The molecular weight excluding hydrogens is 413 g/mol. The largest absolute Gasteiger partial charge is 0.506 e. The third-order valence-electron chi connectivity index (χ3n) is 4.09. The highest BCUT2D eigenvalue weighted by molar-refractivity contribution is 5.61. The van der Waals surface area contributed by atoms with E-state index in [4.69, 9.17) is 11.5 Å². The van der Waals surface area contributed by atoms with Crippen LogP contribution in [0, 0.1) is 0 Å². The first-order chi connectivity index (χ1) is 13.0. The molecule has 6 N–H and O–H groups in total. The van der Waals surface area contributed by atoms with Crippen molar-refractivity contribution < 1.29 is 45.7 Å². The Balaban J connectivity index is 3.00. The van der Waals surface area contributed by atoms with Gasteiger partial charge in [-0.2, -0.15) is 30.7 Å². The zero-order chi connectivity index (χ0) is 22.4. The number of alkyl halides is 7. The van der Waals surface area contributed by atoms with Gasteiger partial charge in [0.1, 0.15) is 11.5 Å². The SMILES string of the molecule is CC(F)(F)OC(F)(F)C(c1ccc(O)c(N)c1)(c1ccc(O)c(N)c1)C(F)(F)F. The fourth-order valence-electron chi connectivity index (χ4n) is 2.87. The normalized spacial score (nSPS) is 13.5. The molecule has 2 aromatic carbocycles. The van der Waals surface area contributed by atoms with Crippen molar-refractivity contribution in [2.45, 2.75) is 30.7 Å². The number of nitrogens with two attached hydrogens (primary N) is 2. The minimum atomic E-state index is -5.94. The number of aromatic hydroxyl groups is 2. The summed E-state index contributed by atoms with van der Waals surface area (Å²) in [5.74, 6) is -1.44. The molecule has 0 radical (unpaired) electrons. The van der Waals surface area contributed by atoms with Gasteiger partial charge < -0.3 is 21.7 Å². The molecule has 0 spiro atoms. The molecule has 0 saturated heterocycles. The van der Waals surface area contributed by atoms with Gasteiger partial charge in [-0.3, -0.25) is 4.74 Å². The minimum absolute atomic E-state index is 0.154. The van der Waals surface area contributed by atoms with E-state index in [0.717, 1.165) is 0 Å². The lowest BCUT2D eigenvalue weighted by Gasteiger charge is -2.42. The zero-order valence-electron chi connectivity index (χ0n) is 14.6. The molecule has 2 aromatic rings. The Bertz CT molecular complexity index is 859. The van der Waals surface area contributed by atoms with E-state index in [0.29, 0.717) is 36.4 Å². The van der Waals surface area contributed by atoms with Crippen LogP contribution in [0.2, 0.25) is 0 Å². The average Bonchev–Trinajstić information content (AvgIpc) is 2.50. The van der Waals surface area contributed by atoms with E-state index >= 15 is 0 Å². The van der Waals surface area contributed by atoms with Crippen LogP contribution in [0.5, 0.6) is 11.5 Å². The molecule has 0 unspecified atom stereocenters. The number of benzene rings is 2. The van der Waals surface area contributed by atoms with Crippen LogP contribution in [0.3, 0.4) is 0 Å². The molecule has 0 aliphatic heterocycles. The van der Waals surface area contributed by atoms with Crippen LogP contribution >= 0.6 is 0 Å². The molecule has 0 bridgehead atoms. The second-order valence-electron chi connectivity index (χ2n) is 6.22. The van der Waals surface area contributed by atoms with Gasteiger partial charge in [0.2, 0.25) is 5.41 Å². The quantitative estimate of drug-likeness (QED) is 0.323. The summed E-state index contributed by atoms with van der Waals surface area (Å²) in [5, 5.41) is 18.9. The van der Waals surface area contributed by atoms with Crippen molar-refractivity contribution >= 4 is 11.4 Å². The molecule has 160 valence electrons. The molecule has 0 atom stereocenters. The topological polar surface area (TPSA) is 102 Å². The highest BCUT2D eigenvalue weighted by atomic mass is 19.4. The minimum Gasteiger partial charge on any atom is -0.506 e. The Labute approximate surface area is 159 Å². The summed E-state index contributed by atoms with van der Waals surface area (Å²) < 4.78 is 102. The summed E-state index contributed by atoms with van der Waals surface area (Å²) in [6.45, 7) is -0.154. The molecule has 0 aliphatic carbocycles.